The number of carbonyl (C=O) groups excluding carboxylic acids is 3. The van der Waals surface area contributed by atoms with Gasteiger partial charge in [-0.1, -0.05) is 173 Å². The highest BCUT2D eigenvalue weighted by atomic mass is 31.2. The van der Waals surface area contributed by atoms with Crippen LogP contribution in [0.15, 0.2) is 24.3 Å². The molecule has 0 fully saturated rings. The maximum Gasteiger partial charge on any atom is 0.469 e. The van der Waals surface area contributed by atoms with Crippen molar-refractivity contribution in [1.29, 1.82) is 0 Å². The number of rotatable bonds is 39. The van der Waals surface area contributed by atoms with E-state index in [1.807, 2.05) is 12.2 Å². The second-order valence-corrected chi connectivity index (χ2v) is 15.6. The average Bonchev–Trinajstić information content (AvgIpc) is 3.11. The number of unbranched alkanes of at least 4 members (excludes halogenated alkanes) is 24. The third-order valence-electron chi connectivity index (χ3n) is 9.20. The van der Waals surface area contributed by atoms with Gasteiger partial charge in [-0.05, 0) is 38.2 Å². The number of phosphoric acid groups is 1. The molecule has 0 spiro atoms. The molecule has 0 aromatic carbocycles. The van der Waals surface area contributed by atoms with Gasteiger partial charge in [-0.3, -0.25) is 18.9 Å². The van der Waals surface area contributed by atoms with E-state index in [0.29, 0.717) is 19.3 Å². The van der Waals surface area contributed by atoms with Gasteiger partial charge in [0.1, 0.15) is 6.61 Å². The van der Waals surface area contributed by atoms with Gasteiger partial charge >= 0.3 is 19.8 Å². The maximum absolute atomic E-state index is 12.4. The largest absolute Gasteiger partial charge is 0.469 e. The quantitative estimate of drug-likeness (QED) is 0.0206. The molecule has 52 heavy (non-hydrogen) atoms. The van der Waals surface area contributed by atoms with Crippen molar-refractivity contribution in [3.8, 4) is 0 Å². The standard InChI is InChI=1S/C42H77O9P/c1-3-5-7-8-9-10-11-12-13-14-15-16-17-18-21-24-27-31-35-41(44)49-37-40(38-50-52(46,47)48)51-42(45)36-32-28-25-22-19-20-23-26-30-34-39(43)33-29-6-4-2/h23,26,30,34,40H,3-22,24-25,27-29,31-33,35-38H2,1-2H3,(H2,46,47,48)/b26-23-,34-30+/t40-/m1/s1. The topological polar surface area (TPSA) is 136 Å². The van der Waals surface area contributed by atoms with E-state index in [0.717, 1.165) is 64.2 Å². The van der Waals surface area contributed by atoms with Crippen molar-refractivity contribution in [2.75, 3.05) is 13.2 Å². The van der Waals surface area contributed by atoms with E-state index in [2.05, 4.69) is 24.4 Å². The van der Waals surface area contributed by atoms with Crippen LogP contribution in [-0.2, 0) is 32.9 Å². The molecule has 10 heteroatoms. The van der Waals surface area contributed by atoms with E-state index < -0.39 is 32.5 Å². The predicted octanol–water partition coefficient (Wildman–Crippen LogP) is 12.0. The first-order chi connectivity index (χ1) is 25.2. The van der Waals surface area contributed by atoms with Crippen molar-refractivity contribution in [2.45, 2.75) is 213 Å². The maximum atomic E-state index is 12.4. The molecule has 0 aliphatic rings. The fourth-order valence-corrected chi connectivity index (χ4v) is 6.36. The molecule has 2 N–H and O–H groups in total. The summed E-state index contributed by atoms with van der Waals surface area (Å²) < 4.78 is 26.3. The Bertz CT molecular complexity index is 959. The smallest absolute Gasteiger partial charge is 0.462 e. The van der Waals surface area contributed by atoms with Crippen LogP contribution in [0.1, 0.15) is 206 Å². The first-order valence-electron chi connectivity index (χ1n) is 21.1. The van der Waals surface area contributed by atoms with Crippen molar-refractivity contribution in [2.24, 2.45) is 0 Å². The number of esters is 2. The minimum Gasteiger partial charge on any atom is -0.462 e. The van der Waals surface area contributed by atoms with Gasteiger partial charge in [0.25, 0.3) is 0 Å². The van der Waals surface area contributed by atoms with Gasteiger partial charge < -0.3 is 19.3 Å². The first kappa shape index (κ1) is 50.2. The fraction of sp³-hybridized carbons (Fsp3) is 0.833. The van der Waals surface area contributed by atoms with E-state index in [9.17, 15) is 18.9 Å². The zero-order chi connectivity index (χ0) is 38.4. The van der Waals surface area contributed by atoms with Crippen molar-refractivity contribution >= 4 is 25.5 Å². The SMILES string of the molecule is CCCCCCCCCCCCCCCCCCCCC(=O)OC[C@H](COP(=O)(O)O)OC(=O)CCCCCCC/C=C\C=C\C(=O)CCCCC. The van der Waals surface area contributed by atoms with Gasteiger partial charge in [-0.2, -0.15) is 0 Å². The molecular weight excluding hydrogens is 679 g/mol. The van der Waals surface area contributed by atoms with E-state index in [1.54, 1.807) is 6.08 Å². The van der Waals surface area contributed by atoms with E-state index >= 15 is 0 Å². The van der Waals surface area contributed by atoms with Crippen LogP contribution in [0.5, 0.6) is 0 Å². The van der Waals surface area contributed by atoms with E-state index in [4.69, 9.17) is 19.3 Å². The van der Waals surface area contributed by atoms with Gasteiger partial charge in [0.2, 0.25) is 0 Å². The lowest BCUT2D eigenvalue weighted by atomic mass is 10.0. The summed E-state index contributed by atoms with van der Waals surface area (Å²) in [6, 6.07) is 0. The van der Waals surface area contributed by atoms with Crippen LogP contribution in [-0.4, -0.2) is 46.8 Å². The Morgan fingerprint density at radius 1 is 0.538 bits per heavy atom. The number of phosphoric ester groups is 1. The summed E-state index contributed by atoms with van der Waals surface area (Å²) in [5.41, 5.74) is 0. The normalized spacial score (nSPS) is 12.5. The Balaban J connectivity index is 3.94. The molecule has 0 aliphatic heterocycles. The summed E-state index contributed by atoms with van der Waals surface area (Å²) in [5.74, 6) is -0.766. The second-order valence-electron chi connectivity index (χ2n) is 14.4. The minimum absolute atomic E-state index is 0.163. The van der Waals surface area contributed by atoms with Crippen LogP contribution in [0.25, 0.3) is 0 Å². The predicted molar refractivity (Wildman–Crippen MR) is 212 cm³/mol. The highest BCUT2D eigenvalue weighted by molar-refractivity contribution is 7.46. The van der Waals surface area contributed by atoms with Crippen LogP contribution in [0.3, 0.4) is 0 Å². The summed E-state index contributed by atoms with van der Waals surface area (Å²) in [5, 5.41) is 0. The van der Waals surface area contributed by atoms with E-state index in [1.165, 1.54) is 96.3 Å². The van der Waals surface area contributed by atoms with Gasteiger partial charge in [-0.25, -0.2) is 4.57 Å². The lowest BCUT2D eigenvalue weighted by Gasteiger charge is -2.18. The molecule has 0 amide bonds. The molecule has 0 aromatic heterocycles. The van der Waals surface area contributed by atoms with Crippen LogP contribution in [0.4, 0.5) is 0 Å². The number of ether oxygens (including phenoxy) is 2. The molecule has 0 heterocycles. The fourth-order valence-electron chi connectivity index (χ4n) is 6.00. The number of ketones is 1. The van der Waals surface area contributed by atoms with Gasteiger partial charge in [0.05, 0.1) is 6.61 Å². The molecule has 0 radical (unpaired) electrons. The zero-order valence-electron chi connectivity index (χ0n) is 33.2. The van der Waals surface area contributed by atoms with Gasteiger partial charge in [0.15, 0.2) is 11.9 Å². The Labute approximate surface area is 317 Å². The van der Waals surface area contributed by atoms with Gasteiger partial charge in [0, 0.05) is 19.3 Å². The summed E-state index contributed by atoms with van der Waals surface area (Å²) in [4.78, 5) is 54.5. The highest BCUT2D eigenvalue weighted by Gasteiger charge is 2.22. The van der Waals surface area contributed by atoms with Crippen LogP contribution in [0.2, 0.25) is 0 Å². The Morgan fingerprint density at radius 3 is 1.46 bits per heavy atom. The molecule has 0 saturated heterocycles. The Morgan fingerprint density at radius 2 is 0.962 bits per heavy atom. The molecule has 0 bridgehead atoms. The molecule has 0 aliphatic carbocycles. The second kappa shape index (κ2) is 37.5. The molecular formula is C42H77O9P. The van der Waals surface area contributed by atoms with Crippen LogP contribution < -0.4 is 0 Å². The molecule has 1 atom stereocenters. The van der Waals surface area contributed by atoms with Crippen molar-refractivity contribution in [3.63, 3.8) is 0 Å². The van der Waals surface area contributed by atoms with Gasteiger partial charge in [-0.15, -0.1) is 0 Å². The third-order valence-corrected chi connectivity index (χ3v) is 9.68. The van der Waals surface area contributed by atoms with Crippen LogP contribution >= 0.6 is 7.82 Å². The summed E-state index contributed by atoms with van der Waals surface area (Å²) in [7, 11) is -4.77. The minimum atomic E-state index is -4.77. The molecule has 304 valence electrons. The van der Waals surface area contributed by atoms with Crippen molar-refractivity contribution < 1.29 is 42.7 Å². The number of hydrogen-bond acceptors (Lipinski definition) is 7. The number of hydrogen-bond donors (Lipinski definition) is 2. The van der Waals surface area contributed by atoms with E-state index in [-0.39, 0.29) is 25.2 Å². The van der Waals surface area contributed by atoms with Crippen LogP contribution in [0, 0.1) is 0 Å². The molecule has 0 aromatic rings. The molecule has 0 rings (SSSR count). The number of allylic oxidation sites excluding steroid dienone is 4. The molecule has 0 unspecified atom stereocenters. The lowest BCUT2D eigenvalue weighted by molar-refractivity contribution is -0.161. The summed E-state index contributed by atoms with van der Waals surface area (Å²) >= 11 is 0. The Kier molecular flexibility index (Phi) is 36.2. The van der Waals surface area contributed by atoms with Crippen molar-refractivity contribution in [1.82, 2.24) is 0 Å². The molecule has 9 nitrogen and oxygen atoms in total. The monoisotopic (exact) mass is 757 g/mol. The van der Waals surface area contributed by atoms with Crippen molar-refractivity contribution in [3.05, 3.63) is 24.3 Å². The molecule has 0 saturated carbocycles. The lowest BCUT2D eigenvalue weighted by Crippen LogP contribution is -2.29. The zero-order valence-corrected chi connectivity index (χ0v) is 34.1. The summed E-state index contributed by atoms with van der Waals surface area (Å²) in [6.07, 6.45) is 38.8. The highest BCUT2D eigenvalue weighted by Crippen LogP contribution is 2.36. The summed E-state index contributed by atoms with van der Waals surface area (Å²) in [6.45, 7) is 3.52. The third kappa shape index (κ3) is 39.4. The first-order valence-corrected chi connectivity index (χ1v) is 22.6. The Hall–Kier alpha value is -1.80. The average molecular weight is 757 g/mol. The number of carbonyl (C=O) groups is 3.